The van der Waals surface area contributed by atoms with Crippen LogP contribution in [0.25, 0.3) is 0 Å². The number of carbonyl (C=O) groups excluding carboxylic acids is 1. The van der Waals surface area contributed by atoms with Crippen molar-refractivity contribution in [2.45, 2.75) is 12.8 Å². The van der Waals surface area contributed by atoms with E-state index in [1.807, 2.05) is 36.2 Å². The Balaban J connectivity index is 1.62. The third-order valence-electron chi connectivity index (χ3n) is 3.65. The van der Waals surface area contributed by atoms with Crippen molar-refractivity contribution in [1.82, 2.24) is 10.2 Å². The average Bonchev–Trinajstić information content (AvgIpc) is 2.86. The molecule has 1 saturated heterocycles. The van der Waals surface area contributed by atoms with E-state index in [1.54, 1.807) is 12.1 Å². The zero-order valence-electron chi connectivity index (χ0n) is 12.3. The van der Waals surface area contributed by atoms with E-state index in [-0.39, 0.29) is 17.9 Å². The van der Waals surface area contributed by atoms with Crippen molar-refractivity contribution in [3.63, 3.8) is 0 Å². The summed E-state index contributed by atoms with van der Waals surface area (Å²) in [6, 6.07) is 13.9. The fourth-order valence-corrected chi connectivity index (χ4v) is 2.46. The van der Waals surface area contributed by atoms with Gasteiger partial charge >= 0.3 is 0 Å². The summed E-state index contributed by atoms with van der Waals surface area (Å²) < 4.78 is 18.5. The highest BCUT2D eigenvalue weighted by Gasteiger charge is 2.27. The van der Waals surface area contributed by atoms with E-state index in [0.717, 1.165) is 16.9 Å². The lowest BCUT2D eigenvalue weighted by Gasteiger charge is -2.18. The molecule has 0 radical (unpaired) electrons. The Bertz CT molecular complexity index is 655. The molecule has 3 rings (SSSR count). The minimum absolute atomic E-state index is 0.0316. The number of nitrogens with one attached hydrogen (secondary N) is 1. The van der Waals surface area contributed by atoms with Crippen LogP contribution in [0.1, 0.15) is 17.3 Å². The van der Waals surface area contributed by atoms with Gasteiger partial charge in [-0.25, -0.2) is 4.39 Å². The van der Waals surface area contributed by atoms with Gasteiger partial charge in [0, 0.05) is 0 Å². The molecular formula is C17H17FN2O2. The summed E-state index contributed by atoms with van der Waals surface area (Å²) in [6.07, 6.45) is -0.0846. The van der Waals surface area contributed by atoms with Gasteiger partial charge in [-0.1, -0.05) is 24.3 Å². The number of nitrogens with zero attached hydrogens (tertiary/aromatic N) is 1. The number of carbonyl (C=O) groups is 1. The van der Waals surface area contributed by atoms with E-state index in [1.165, 1.54) is 12.1 Å². The number of hydrogen-bond donors (Lipinski definition) is 1. The lowest BCUT2D eigenvalue weighted by molar-refractivity contribution is -0.118. The molecule has 5 heteroatoms. The number of rotatable bonds is 4. The van der Waals surface area contributed by atoms with Gasteiger partial charge in [0.25, 0.3) is 0 Å². The second-order valence-electron chi connectivity index (χ2n) is 5.37. The molecule has 0 saturated carbocycles. The molecule has 0 aliphatic carbocycles. The van der Waals surface area contributed by atoms with Crippen molar-refractivity contribution in [2.75, 3.05) is 13.6 Å². The standard InChI is InChI=1S/C17H17FN2O2/c1-20-10-16(21)19-17(20)13-4-8-15(9-5-13)22-11-12-2-6-14(18)7-3-12/h2-9,17H,10-11H2,1H3,(H,19,21)/t17-/m0/s1. The highest BCUT2D eigenvalue weighted by molar-refractivity contribution is 5.80. The van der Waals surface area contributed by atoms with Crippen LogP contribution in [0.3, 0.4) is 0 Å². The van der Waals surface area contributed by atoms with Crippen molar-refractivity contribution in [1.29, 1.82) is 0 Å². The highest BCUT2D eigenvalue weighted by Crippen LogP contribution is 2.23. The second-order valence-corrected chi connectivity index (χ2v) is 5.37. The SMILES string of the molecule is CN1CC(=O)N[C@@H]1c1ccc(OCc2ccc(F)cc2)cc1. The normalized spacial score (nSPS) is 18.3. The monoisotopic (exact) mass is 300 g/mol. The van der Waals surface area contributed by atoms with Crippen LogP contribution in [0.15, 0.2) is 48.5 Å². The van der Waals surface area contributed by atoms with E-state index in [2.05, 4.69) is 5.32 Å². The first-order valence-corrected chi connectivity index (χ1v) is 7.08. The van der Waals surface area contributed by atoms with Gasteiger partial charge in [-0.2, -0.15) is 0 Å². The molecule has 22 heavy (non-hydrogen) atoms. The molecule has 2 aromatic rings. The molecule has 0 aromatic heterocycles. The van der Waals surface area contributed by atoms with Crippen molar-refractivity contribution in [2.24, 2.45) is 0 Å². The quantitative estimate of drug-likeness (QED) is 0.943. The van der Waals surface area contributed by atoms with E-state index in [4.69, 9.17) is 4.74 Å². The van der Waals surface area contributed by atoms with Gasteiger partial charge in [0.15, 0.2) is 0 Å². The minimum Gasteiger partial charge on any atom is -0.489 e. The van der Waals surface area contributed by atoms with E-state index in [9.17, 15) is 9.18 Å². The lowest BCUT2D eigenvalue weighted by Crippen LogP contribution is -2.24. The maximum atomic E-state index is 12.8. The Kier molecular flexibility index (Phi) is 4.06. The van der Waals surface area contributed by atoms with Gasteiger partial charge in [-0.3, -0.25) is 9.69 Å². The molecule has 1 heterocycles. The summed E-state index contributed by atoms with van der Waals surface area (Å²) >= 11 is 0. The molecule has 1 amide bonds. The summed E-state index contributed by atoms with van der Waals surface area (Å²) in [5, 5.41) is 2.91. The topological polar surface area (TPSA) is 41.6 Å². The fourth-order valence-electron chi connectivity index (χ4n) is 2.46. The molecule has 0 unspecified atom stereocenters. The molecule has 2 aromatic carbocycles. The van der Waals surface area contributed by atoms with Gasteiger partial charge in [0.05, 0.1) is 6.54 Å². The molecule has 1 atom stereocenters. The zero-order valence-corrected chi connectivity index (χ0v) is 12.3. The molecule has 1 aliphatic rings. The third-order valence-corrected chi connectivity index (χ3v) is 3.65. The van der Waals surface area contributed by atoms with E-state index < -0.39 is 0 Å². The van der Waals surface area contributed by atoms with Gasteiger partial charge in [-0.15, -0.1) is 0 Å². The summed E-state index contributed by atoms with van der Waals surface area (Å²) in [6.45, 7) is 0.799. The fraction of sp³-hybridized carbons (Fsp3) is 0.235. The highest BCUT2D eigenvalue weighted by atomic mass is 19.1. The van der Waals surface area contributed by atoms with Gasteiger partial charge in [0.2, 0.25) is 5.91 Å². The number of hydrogen-bond acceptors (Lipinski definition) is 3. The molecule has 0 spiro atoms. The molecule has 1 fully saturated rings. The molecule has 1 aliphatic heterocycles. The van der Waals surface area contributed by atoms with Crippen LogP contribution in [0.5, 0.6) is 5.75 Å². The summed E-state index contributed by atoms with van der Waals surface area (Å²) in [7, 11) is 1.90. The van der Waals surface area contributed by atoms with Gasteiger partial charge < -0.3 is 10.1 Å². The Morgan fingerprint density at radius 3 is 2.45 bits per heavy atom. The van der Waals surface area contributed by atoms with Gasteiger partial charge in [-0.05, 0) is 42.4 Å². The van der Waals surface area contributed by atoms with Gasteiger partial charge in [0.1, 0.15) is 24.3 Å². The summed E-state index contributed by atoms with van der Waals surface area (Å²) in [5.41, 5.74) is 1.93. The van der Waals surface area contributed by atoms with Crippen molar-refractivity contribution < 1.29 is 13.9 Å². The minimum atomic E-state index is -0.254. The Hall–Kier alpha value is -2.40. The first-order valence-electron chi connectivity index (χ1n) is 7.08. The molecule has 1 N–H and O–H groups in total. The Morgan fingerprint density at radius 2 is 1.86 bits per heavy atom. The Labute approximate surface area is 128 Å². The largest absolute Gasteiger partial charge is 0.489 e. The predicted octanol–water partition coefficient (Wildman–Crippen LogP) is 2.46. The van der Waals surface area contributed by atoms with Crippen molar-refractivity contribution in [3.8, 4) is 5.75 Å². The zero-order chi connectivity index (χ0) is 15.5. The number of amides is 1. The number of benzene rings is 2. The number of ether oxygens (including phenoxy) is 1. The van der Waals surface area contributed by atoms with Crippen molar-refractivity contribution in [3.05, 3.63) is 65.5 Å². The van der Waals surface area contributed by atoms with Crippen LogP contribution in [0.2, 0.25) is 0 Å². The van der Waals surface area contributed by atoms with Crippen LogP contribution >= 0.6 is 0 Å². The molecular weight excluding hydrogens is 283 g/mol. The maximum absolute atomic E-state index is 12.8. The van der Waals surface area contributed by atoms with Crippen LogP contribution in [0.4, 0.5) is 4.39 Å². The summed E-state index contributed by atoms with van der Waals surface area (Å²) in [4.78, 5) is 13.3. The summed E-state index contributed by atoms with van der Waals surface area (Å²) in [5.74, 6) is 0.514. The molecule has 4 nitrogen and oxygen atoms in total. The first-order chi connectivity index (χ1) is 10.6. The Morgan fingerprint density at radius 1 is 1.18 bits per heavy atom. The maximum Gasteiger partial charge on any atom is 0.235 e. The predicted molar refractivity (Wildman–Crippen MR) is 80.7 cm³/mol. The smallest absolute Gasteiger partial charge is 0.235 e. The van der Waals surface area contributed by atoms with Crippen LogP contribution in [-0.2, 0) is 11.4 Å². The third kappa shape index (κ3) is 3.26. The average molecular weight is 300 g/mol. The van der Waals surface area contributed by atoms with Crippen LogP contribution in [0, 0.1) is 5.82 Å². The number of likely N-dealkylation sites (N-methyl/N-ethyl adjacent to an activating group) is 1. The first kappa shape index (κ1) is 14.5. The van der Waals surface area contributed by atoms with Crippen LogP contribution in [-0.4, -0.2) is 24.4 Å². The van der Waals surface area contributed by atoms with E-state index >= 15 is 0 Å². The van der Waals surface area contributed by atoms with Crippen molar-refractivity contribution >= 4 is 5.91 Å². The second kappa shape index (κ2) is 6.15. The molecule has 0 bridgehead atoms. The number of halogens is 1. The lowest BCUT2D eigenvalue weighted by atomic mass is 10.1. The van der Waals surface area contributed by atoms with E-state index in [0.29, 0.717) is 13.2 Å². The molecule has 114 valence electrons. The van der Waals surface area contributed by atoms with Crippen LogP contribution < -0.4 is 10.1 Å².